The van der Waals surface area contributed by atoms with E-state index in [1.807, 2.05) is 6.07 Å². The summed E-state index contributed by atoms with van der Waals surface area (Å²) in [5, 5.41) is 0. The minimum Gasteiger partial charge on any atom is -0.399 e. The van der Waals surface area contributed by atoms with Crippen LogP contribution in [0.5, 0.6) is 0 Å². The van der Waals surface area contributed by atoms with Crippen LogP contribution in [0.2, 0.25) is 0 Å². The molecule has 3 rings (SSSR count). The summed E-state index contributed by atoms with van der Waals surface area (Å²) in [6.07, 6.45) is 1.32. The summed E-state index contributed by atoms with van der Waals surface area (Å²) >= 11 is 0. The van der Waals surface area contributed by atoms with Crippen molar-refractivity contribution in [1.82, 2.24) is 4.90 Å². The maximum absolute atomic E-state index is 5.80. The van der Waals surface area contributed by atoms with Crippen LogP contribution in [0.4, 0.5) is 11.4 Å². The van der Waals surface area contributed by atoms with Gasteiger partial charge in [-0.3, -0.25) is 4.90 Å². The first-order valence-corrected chi connectivity index (χ1v) is 5.98. The lowest BCUT2D eigenvalue weighted by atomic mass is 10.1. The maximum Gasteiger partial charge on any atom is 0.0433 e. The number of likely N-dealkylation sites (N-methyl/N-ethyl adjacent to an activating group) is 1. The van der Waals surface area contributed by atoms with Gasteiger partial charge in [0.2, 0.25) is 0 Å². The zero-order chi connectivity index (χ0) is 11.3. The molecule has 1 aromatic carbocycles. The number of rotatable bonds is 1. The van der Waals surface area contributed by atoms with Gasteiger partial charge in [0.25, 0.3) is 0 Å². The summed E-state index contributed by atoms with van der Waals surface area (Å²) < 4.78 is 0. The van der Waals surface area contributed by atoms with E-state index < -0.39 is 0 Å². The third-order valence-electron chi connectivity index (χ3n) is 4.04. The van der Waals surface area contributed by atoms with E-state index in [4.69, 9.17) is 5.73 Å². The lowest BCUT2D eigenvalue weighted by Crippen LogP contribution is -2.44. The highest BCUT2D eigenvalue weighted by molar-refractivity contribution is 5.60. The van der Waals surface area contributed by atoms with Crippen molar-refractivity contribution < 1.29 is 0 Å². The lowest BCUT2D eigenvalue weighted by Gasteiger charge is -2.34. The monoisotopic (exact) mass is 217 g/mol. The second-order valence-corrected chi connectivity index (χ2v) is 5.18. The molecule has 0 spiro atoms. The molecule has 2 fully saturated rings. The number of fused-ring (bicyclic) bond motifs is 2. The van der Waals surface area contributed by atoms with Crippen LogP contribution >= 0.6 is 0 Å². The Hall–Kier alpha value is -1.22. The van der Waals surface area contributed by atoms with E-state index in [-0.39, 0.29) is 0 Å². The van der Waals surface area contributed by atoms with Crippen LogP contribution < -0.4 is 10.6 Å². The number of nitrogen functional groups attached to an aromatic ring is 1. The number of benzene rings is 1. The Morgan fingerprint density at radius 1 is 1.25 bits per heavy atom. The molecule has 1 aromatic rings. The van der Waals surface area contributed by atoms with Gasteiger partial charge in [-0.25, -0.2) is 0 Å². The lowest BCUT2D eigenvalue weighted by molar-refractivity contribution is 0.292. The molecule has 0 radical (unpaired) electrons. The Bertz CT molecular complexity index is 414. The van der Waals surface area contributed by atoms with Crippen molar-refractivity contribution in [2.75, 3.05) is 30.8 Å². The Morgan fingerprint density at radius 3 is 2.62 bits per heavy atom. The number of hydrogen-bond acceptors (Lipinski definition) is 3. The van der Waals surface area contributed by atoms with Crippen LogP contribution in [-0.4, -0.2) is 37.1 Å². The molecule has 16 heavy (non-hydrogen) atoms. The van der Waals surface area contributed by atoms with Gasteiger partial charge in [-0.2, -0.15) is 0 Å². The second-order valence-electron chi connectivity index (χ2n) is 5.18. The molecule has 2 aliphatic heterocycles. The van der Waals surface area contributed by atoms with E-state index in [0.717, 1.165) is 11.7 Å². The first-order valence-electron chi connectivity index (χ1n) is 5.98. The topological polar surface area (TPSA) is 32.5 Å². The summed E-state index contributed by atoms with van der Waals surface area (Å²) in [4.78, 5) is 5.03. The minimum absolute atomic E-state index is 0.706. The third kappa shape index (κ3) is 1.39. The van der Waals surface area contributed by atoms with Crippen molar-refractivity contribution in [3.63, 3.8) is 0 Å². The number of likely N-dealkylation sites (tertiary alicyclic amines) is 1. The number of piperazine rings is 1. The molecule has 2 aliphatic rings. The summed E-state index contributed by atoms with van der Waals surface area (Å²) in [6.45, 7) is 4.53. The fourth-order valence-corrected chi connectivity index (χ4v) is 3.16. The van der Waals surface area contributed by atoms with Gasteiger partial charge in [0.15, 0.2) is 0 Å². The highest BCUT2D eigenvalue weighted by Crippen LogP contribution is 2.35. The first kappa shape index (κ1) is 9.97. The molecule has 3 nitrogen and oxygen atoms in total. The second kappa shape index (κ2) is 3.39. The van der Waals surface area contributed by atoms with Gasteiger partial charge in [-0.05, 0) is 44.2 Å². The molecule has 86 valence electrons. The van der Waals surface area contributed by atoms with Crippen molar-refractivity contribution >= 4 is 11.4 Å². The Kier molecular flexibility index (Phi) is 2.11. The minimum atomic E-state index is 0.706. The van der Waals surface area contributed by atoms with Crippen LogP contribution in [-0.2, 0) is 0 Å². The molecule has 0 aromatic heterocycles. The Morgan fingerprint density at radius 2 is 2.06 bits per heavy atom. The van der Waals surface area contributed by atoms with Crippen LogP contribution in [0.3, 0.4) is 0 Å². The van der Waals surface area contributed by atoms with Crippen LogP contribution in [0, 0.1) is 6.92 Å². The van der Waals surface area contributed by atoms with Gasteiger partial charge in [-0.1, -0.05) is 0 Å². The fourth-order valence-electron chi connectivity index (χ4n) is 3.16. The van der Waals surface area contributed by atoms with E-state index in [2.05, 4.69) is 35.9 Å². The summed E-state index contributed by atoms with van der Waals surface area (Å²) in [5.74, 6) is 0. The van der Waals surface area contributed by atoms with Gasteiger partial charge in [0.05, 0.1) is 0 Å². The van der Waals surface area contributed by atoms with Crippen LogP contribution in [0.1, 0.15) is 12.0 Å². The standard InChI is InChI=1S/C13H19N3/c1-9-5-10(14)3-4-13(9)16-8-11-6-12(16)7-15(11)2/h3-5,11-12H,6-8,14H2,1-2H3/t11-,12-/m1/s1. The Labute approximate surface area is 96.8 Å². The van der Waals surface area contributed by atoms with Gasteiger partial charge in [-0.15, -0.1) is 0 Å². The molecular formula is C13H19N3. The maximum atomic E-state index is 5.80. The third-order valence-corrected chi connectivity index (χ3v) is 4.04. The molecule has 0 unspecified atom stereocenters. The quantitative estimate of drug-likeness (QED) is 0.723. The summed E-state index contributed by atoms with van der Waals surface area (Å²) in [7, 11) is 2.23. The molecule has 3 heteroatoms. The summed E-state index contributed by atoms with van der Waals surface area (Å²) in [6, 6.07) is 7.72. The predicted octanol–water partition coefficient (Wildman–Crippen LogP) is 1.47. The highest BCUT2D eigenvalue weighted by atomic mass is 15.3. The van der Waals surface area contributed by atoms with Gasteiger partial charge in [0.1, 0.15) is 0 Å². The SMILES string of the molecule is Cc1cc(N)ccc1N1C[C@H]2C[C@@H]1CN2C. The number of anilines is 2. The van der Waals surface area contributed by atoms with Crippen LogP contribution in [0.15, 0.2) is 18.2 Å². The molecule has 0 amide bonds. The zero-order valence-corrected chi connectivity index (χ0v) is 9.98. The van der Waals surface area contributed by atoms with E-state index in [0.29, 0.717) is 6.04 Å². The van der Waals surface area contributed by atoms with Gasteiger partial charge in [0, 0.05) is 36.5 Å². The average molecular weight is 217 g/mol. The summed E-state index contributed by atoms with van der Waals surface area (Å²) in [5.41, 5.74) is 9.33. The molecule has 2 saturated heterocycles. The number of hydrogen-bond donors (Lipinski definition) is 1. The molecule has 0 saturated carbocycles. The van der Waals surface area contributed by atoms with Gasteiger partial charge >= 0.3 is 0 Å². The van der Waals surface area contributed by atoms with Crippen molar-refractivity contribution in [3.8, 4) is 0 Å². The van der Waals surface area contributed by atoms with E-state index in [1.165, 1.54) is 30.8 Å². The average Bonchev–Trinajstić information content (AvgIpc) is 2.76. The van der Waals surface area contributed by atoms with E-state index in [1.54, 1.807) is 0 Å². The highest BCUT2D eigenvalue weighted by Gasteiger charge is 2.41. The molecule has 2 heterocycles. The van der Waals surface area contributed by atoms with Crippen molar-refractivity contribution in [2.45, 2.75) is 25.4 Å². The molecular weight excluding hydrogens is 198 g/mol. The van der Waals surface area contributed by atoms with Crippen LogP contribution in [0.25, 0.3) is 0 Å². The normalized spacial score (nSPS) is 29.0. The molecule has 0 aliphatic carbocycles. The van der Waals surface area contributed by atoms with E-state index in [9.17, 15) is 0 Å². The number of nitrogens with zero attached hydrogens (tertiary/aromatic N) is 2. The molecule has 2 atom stereocenters. The number of aryl methyl sites for hydroxylation is 1. The van der Waals surface area contributed by atoms with E-state index >= 15 is 0 Å². The zero-order valence-electron chi connectivity index (χ0n) is 9.98. The Balaban J connectivity index is 1.89. The fraction of sp³-hybridized carbons (Fsp3) is 0.538. The predicted molar refractivity (Wildman–Crippen MR) is 67.8 cm³/mol. The van der Waals surface area contributed by atoms with Crippen molar-refractivity contribution in [1.29, 1.82) is 0 Å². The largest absolute Gasteiger partial charge is 0.399 e. The van der Waals surface area contributed by atoms with Crippen molar-refractivity contribution in [3.05, 3.63) is 23.8 Å². The van der Waals surface area contributed by atoms with Gasteiger partial charge < -0.3 is 10.6 Å². The number of nitrogens with two attached hydrogens (primary N) is 1. The smallest absolute Gasteiger partial charge is 0.0433 e. The first-order chi connectivity index (χ1) is 7.65. The van der Waals surface area contributed by atoms with Crippen molar-refractivity contribution in [2.24, 2.45) is 0 Å². The molecule has 2 bridgehead atoms. The molecule has 2 N–H and O–H groups in total.